The Morgan fingerprint density at radius 1 is 1.00 bits per heavy atom. The van der Waals surface area contributed by atoms with E-state index < -0.39 is 44.7 Å². The van der Waals surface area contributed by atoms with Crippen molar-refractivity contribution in [1.82, 2.24) is 0 Å². The van der Waals surface area contributed by atoms with Crippen molar-refractivity contribution in [1.29, 1.82) is 0 Å². The summed E-state index contributed by atoms with van der Waals surface area (Å²) in [4.78, 5) is 47.4. The van der Waals surface area contributed by atoms with Crippen molar-refractivity contribution in [3.8, 4) is 5.75 Å². The van der Waals surface area contributed by atoms with Crippen molar-refractivity contribution in [3.63, 3.8) is 0 Å². The number of nitrogens with one attached hydrogen (secondary N) is 1. The van der Waals surface area contributed by atoms with Crippen molar-refractivity contribution >= 4 is 38.9 Å². The van der Waals surface area contributed by atoms with Gasteiger partial charge in [-0.1, -0.05) is 12.1 Å². The Bertz CT molecular complexity index is 1510. The lowest BCUT2D eigenvalue weighted by molar-refractivity contribution is -0.384. The lowest BCUT2D eigenvalue weighted by Gasteiger charge is -2.19. The van der Waals surface area contributed by atoms with Crippen LogP contribution in [0.5, 0.6) is 5.75 Å². The fourth-order valence-corrected chi connectivity index (χ4v) is 5.18. The molecule has 0 unspecified atom stereocenters. The molecule has 1 amide bonds. The number of ether oxygens (including phenoxy) is 2. The smallest absolute Gasteiger partial charge is 0.338 e. The molecule has 35 heavy (non-hydrogen) atoms. The molecule has 1 aliphatic rings. The molecule has 1 heterocycles. The number of sulfone groups is 1. The number of nitrogens with zero attached hydrogens (tertiary/aromatic N) is 1. The molecule has 0 aliphatic carbocycles. The van der Waals surface area contributed by atoms with E-state index in [1.54, 1.807) is 6.07 Å². The van der Waals surface area contributed by atoms with Gasteiger partial charge in [0, 0.05) is 11.1 Å². The van der Waals surface area contributed by atoms with Gasteiger partial charge in [-0.15, -0.1) is 0 Å². The number of carbonyl (C=O) groups is 3. The van der Waals surface area contributed by atoms with Crippen LogP contribution >= 0.6 is 0 Å². The molecule has 3 aromatic carbocycles. The van der Waals surface area contributed by atoms with E-state index in [-0.39, 0.29) is 37.9 Å². The van der Waals surface area contributed by atoms with Crippen LogP contribution in [0.2, 0.25) is 0 Å². The van der Waals surface area contributed by atoms with Gasteiger partial charge in [0.25, 0.3) is 11.6 Å². The van der Waals surface area contributed by atoms with E-state index in [9.17, 15) is 32.9 Å². The quantitative estimate of drug-likeness (QED) is 0.240. The molecule has 0 aromatic heterocycles. The van der Waals surface area contributed by atoms with E-state index >= 15 is 0 Å². The number of rotatable bonds is 6. The minimum absolute atomic E-state index is 0.0413. The van der Waals surface area contributed by atoms with Crippen molar-refractivity contribution < 1.29 is 37.2 Å². The fraction of sp³-hybridized carbons (Fsp3) is 0.0870. The number of nitro benzene ring substituents is 1. The number of methoxy groups -OCH3 is 1. The van der Waals surface area contributed by atoms with Crippen LogP contribution in [0.25, 0.3) is 0 Å². The maximum atomic E-state index is 13.0. The lowest BCUT2D eigenvalue weighted by atomic mass is 10.0. The molecular formula is C23H16N2O9S. The van der Waals surface area contributed by atoms with Gasteiger partial charge >= 0.3 is 5.97 Å². The Labute approximate surface area is 198 Å². The first kappa shape index (κ1) is 23.6. The summed E-state index contributed by atoms with van der Waals surface area (Å²) in [6.45, 7) is -0.798. The first-order valence-corrected chi connectivity index (χ1v) is 11.4. The number of anilines is 1. The molecule has 12 heteroatoms. The summed E-state index contributed by atoms with van der Waals surface area (Å²) in [6, 6.07) is 13.0. The van der Waals surface area contributed by atoms with Gasteiger partial charge in [-0.25, -0.2) is 13.2 Å². The second-order valence-corrected chi connectivity index (χ2v) is 9.19. The summed E-state index contributed by atoms with van der Waals surface area (Å²) >= 11 is 0. The van der Waals surface area contributed by atoms with Crippen LogP contribution in [0.15, 0.2) is 70.5 Å². The first-order chi connectivity index (χ1) is 16.6. The molecular weight excluding hydrogens is 480 g/mol. The second kappa shape index (κ2) is 8.99. The number of hydrogen-bond donors (Lipinski definition) is 1. The van der Waals surface area contributed by atoms with Crippen molar-refractivity contribution in [3.05, 3.63) is 87.5 Å². The number of ketones is 1. The second-order valence-electron chi connectivity index (χ2n) is 7.30. The topological polar surface area (TPSA) is 159 Å². The van der Waals surface area contributed by atoms with Crippen LogP contribution in [-0.4, -0.2) is 44.7 Å². The summed E-state index contributed by atoms with van der Waals surface area (Å²) in [7, 11) is -2.73. The zero-order valence-electron chi connectivity index (χ0n) is 18.0. The van der Waals surface area contributed by atoms with E-state index in [0.29, 0.717) is 0 Å². The molecule has 0 saturated heterocycles. The minimum Gasteiger partial charge on any atom is -0.496 e. The van der Waals surface area contributed by atoms with Gasteiger partial charge in [0.15, 0.2) is 12.4 Å². The van der Waals surface area contributed by atoms with Crippen LogP contribution in [0.3, 0.4) is 0 Å². The van der Waals surface area contributed by atoms with Crippen LogP contribution in [0, 0.1) is 10.1 Å². The Morgan fingerprint density at radius 2 is 1.71 bits per heavy atom. The highest BCUT2D eigenvalue weighted by Gasteiger charge is 2.35. The number of nitro groups is 1. The zero-order valence-corrected chi connectivity index (χ0v) is 18.8. The third kappa shape index (κ3) is 4.34. The molecule has 0 fully saturated rings. The lowest BCUT2D eigenvalue weighted by Crippen LogP contribution is -2.23. The maximum Gasteiger partial charge on any atom is 0.338 e. The van der Waals surface area contributed by atoms with Crippen molar-refractivity contribution in [2.24, 2.45) is 0 Å². The highest BCUT2D eigenvalue weighted by atomic mass is 32.2. The van der Waals surface area contributed by atoms with Crippen LogP contribution in [0.1, 0.15) is 26.3 Å². The number of benzene rings is 3. The van der Waals surface area contributed by atoms with Crippen LogP contribution in [0.4, 0.5) is 11.4 Å². The van der Waals surface area contributed by atoms with E-state index in [2.05, 4.69) is 5.32 Å². The summed E-state index contributed by atoms with van der Waals surface area (Å²) in [5, 5.41) is 13.5. The first-order valence-electron chi connectivity index (χ1n) is 9.95. The predicted molar refractivity (Wildman–Crippen MR) is 120 cm³/mol. The Balaban J connectivity index is 1.50. The highest BCUT2D eigenvalue weighted by Crippen LogP contribution is 2.35. The summed E-state index contributed by atoms with van der Waals surface area (Å²) in [6.07, 6.45) is 0. The van der Waals surface area contributed by atoms with Gasteiger partial charge < -0.3 is 14.8 Å². The van der Waals surface area contributed by atoms with Crippen molar-refractivity contribution in [2.75, 3.05) is 19.0 Å². The normalized spacial score (nSPS) is 13.2. The standard InChI is InChI=1S/C23H16N2O9S/c1-33-14-7-9-17(18(11-14)25(29)30)24-21(26)12-34-23(28)13-6-8-16-20(10-13)35(31,32)19-5-3-2-4-15(19)22(16)27/h2-11H,12H2,1H3,(H,24,26). The number of hydrogen-bond acceptors (Lipinski definition) is 9. The van der Waals surface area contributed by atoms with Crippen LogP contribution in [-0.2, 0) is 19.4 Å². The number of carbonyl (C=O) groups excluding carboxylic acids is 3. The molecule has 0 radical (unpaired) electrons. The highest BCUT2D eigenvalue weighted by molar-refractivity contribution is 7.91. The third-order valence-electron chi connectivity index (χ3n) is 5.18. The van der Waals surface area contributed by atoms with E-state index in [4.69, 9.17) is 9.47 Å². The summed E-state index contributed by atoms with van der Waals surface area (Å²) in [5.41, 5.74) is -0.782. The van der Waals surface area contributed by atoms with Crippen LogP contribution < -0.4 is 10.1 Å². The van der Waals surface area contributed by atoms with E-state index in [1.807, 2.05) is 0 Å². The SMILES string of the molecule is COc1ccc(NC(=O)COC(=O)c2ccc3c(c2)S(=O)(=O)c2ccccc2C3=O)c([N+](=O)[O-])c1. The summed E-state index contributed by atoms with van der Waals surface area (Å²) in [5.74, 6) is -2.16. The van der Waals surface area contributed by atoms with Crippen molar-refractivity contribution in [2.45, 2.75) is 9.79 Å². The molecule has 1 N–H and O–H groups in total. The van der Waals surface area contributed by atoms with E-state index in [1.165, 1.54) is 49.6 Å². The monoisotopic (exact) mass is 496 g/mol. The molecule has 0 saturated carbocycles. The van der Waals surface area contributed by atoms with Gasteiger partial charge in [-0.3, -0.25) is 19.7 Å². The number of esters is 1. The predicted octanol–water partition coefficient (Wildman–Crippen LogP) is 2.78. The minimum atomic E-state index is -4.06. The molecule has 0 bridgehead atoms. The van der Waals surface area contributed by atoms with Gasteiger partial charge in [0.2, 0.25) is 9.84 Å². The fourth-order valence-electron chi connectivity index (χ4n) is 3.51. The third-order valence-corrected chi connectivity index (χ3v) is 7.03. The number of amides is 1. The molecule has 4 rings (SSSR count). The van der Waals surface area contributed by atoms with Gasteiger partial charge in [0.1, 0.15) is 11.4 Å². The van der Waals surface area contributed by atoms with Gasteiger partial charge in [-0.05, 0) is 42.5 Å². The molecule has 0 atom stereocenters. The molecule has 11 nitrogen and oxygen atoms in total. The largest absolute Gasteiger partial charge is 0.496 e. The average Bonchev–Trinajstić information content (AvgIpc) is 2.86. The Hall–Kier alpha value is -4.58. The maximum absolute atomic E-state index is 13.0. The Kier molecular flexibility index (Phi) is 6.05. The van der Waals surface area contributed by atoms with Gasteiger partial charge in [0.05, 0.1) is 33.5 Å². The molecule has 178 valence electrons. The average molecular weight is 496 g/mol. The van der Waals surface area contributed by atoms with Gasteiger partial charge in [-0.2, -0.15) is 0 Å². The van der Waals surface area contributed by atoms with E-state index in [0.717, 1.165) is 12.1 Å². The zero-order chi connectivity index (χ0) is 25.3. The Morgan fingerprint density at radius 3 is 2.43 bits per heavy atom. The molecule has 0 spiro atoms. The molecule has 3 aromatic rings. The summed E-state index contributed by atoms with van der Waals surface area (Å²) < 4.78 is 35.8. The number of fused-ring (bicyclic) bond motifs is 2. The molecule has 1 aliphatic heterocycles.